The van der Waals surface area contributed by atoms with E-state index >= 15 is 0 Å². The number of nitrogens with one attached hydrogen (secondary N) is 1. The van der Waals surface area contributed by atoms with Gasteiger partial charge < -0.3 is 5.32 Å². The molecule has 0 bridgehead atoms. The molecule has 0 aliphatic carbocycles. The third kappa shape index (κ3) is 4.04. The van der Waals surface area contributed by atoms with Gasteiger partial charge >= 0.3 is 0 Å². The summed E-state index contributed by atoms with van der Waals surface area (Å²) < 4.78 is 37.0. The summed E-state index contributed by atoms with van der Waals surface area (Å²) in [6.45, 7) is 5.18. The van der Waals surface area contributed by atoms with Crippen molar-refractivity contribution in [2.24, 2.45) is 0 Å². The standard InChI is InChI=1S/C17H16FNO3S/c1-3-10-23(21,22)15-9-4-12(2)16(11-15)19-17(20)13-5-7-14(18)8-6-13/h3-9,11H,1,10H2,2H3,(H,19,20). The predicted octanol–water partition coefficient (Wildman–Crippen LogP) is 3.35. The van der Waals surface area contributed by atoms with E-state index < -0.39 is 21.6 Å². The lowest BCUT2D eigenvalue weighted by Gasteiger charge is -2.11. The van der Waals surface area contributed by atoms with Crippen LogP contribution in [0.4, 0.5) is 10.1 Å². The molecule has 2 aromatic rings. The Hall–Kier alpha value is -2.47. The minimum Gasteiger partial charge on any atom is -0.322 e. The molecule has 120 valence electrons. The second-order valence-corrected chi connectivity index (χ2v) is 7.04. The van der Waals surface area contributed by atoms with Crippen LogP contribution in [-0.2, 0) is 9.84 Å². The van der Waals surface area contributed by atoms with Crippen LogP contribution in [0, 0.1) is 12.7 Å². The topological polar surface area (TPSA) is 63.2 Å². The summed E-state index contributed by atoms with van der Waals surface area (Å²) >= 11 is 0. The molecule has 0 radical (unpaired) electrons. The number of aryl methyl sites for hydroxylation is 1. The van der Waals surface area contributed by atoms with Gasteiger partial charge in [-0.1, -0.05) is 12.1 Å². The van der Waals surface area contributed by atoms with Crippen molar-refractivity contribution in [3.8, 4) is 0 Å². The number of carbonyl (C=O) groups excluding carboxylic acids is 1. The molecule has 0 aliphatic rings. The molecule has 0 atom stereocenters. The zero-order chi connectivity index (χ0) is 17.0. The Kier molecular flexibility index (Phi) is 4.95. The van der Waals surface area contributed by atoms with Crippen LogP contribution in [0.1, 0.15) is 15.9 Å². The Morgan fingerprint density at radius 1 is 1.22 bits per heavy atom. The van der Waals surface area contributed by atoms with Crippen molar-refractivity contribution >= 4 is 21.4 Å². The first-order valence-corrected chi connectivity index (χ1v) is 8.50. The van der Waals surface area contributed by atoms with Crippen molar-refractivity contribution in [2.75, 3.05) is 11.1 Å². The molecule has 0 fully saturated rings. The van der Waals surface area contributed by atoms with E-state index in [1.54, 1.807) is 13.0 Å². The molecule has 0 spiro atoms. The second kappa shape index (κ2) is 6.75. The number of hydrogen-bond donors (Lipinski definition) is 1. The van der Waals surface area contributed by atoms with Crippen molar-refractivity contribution in [3.63, 3.8) is 0 Å². The van der Waals surface area contributed by atoms with Gasteiger partial charge in [-0.2, -0.15) is 0 Å². The molecule has 2 rings (SSSR count). The molecule has 0 saturated carbocycles. The monoisotopic (exact) mass is 333 g/mol. The van der Waals surface area contributed by atoms with Gasteiger partial charge in [0.25, 0.3) is 5.91 Å². The van der Waals surface area contributed by atoms with Crippen LogP contribution in [0.5, 0.6) is 0 Å². The largest absolute Gasteiger partial charge is 0.322 e. The van der Waals surface area contributed by atoms with E-state index in [-0.39, 0.29) is 16.2 Å². The molecule has 0 aromatic heterocycles. The molecule has 4 nitrogen and oxygen atoms in total. The van der Waals surface area contributed by atoms with Gasteiger partial charge in [-0.3, -0.25) is 4.79 Å². The van der Waals surface area contributed by atoms with Gasteiger partial charge in [0.2, 0.25) is 0 Å². The maximum absolute atomic E-state index is 12.9. The number of rotatable bonds is 5. The Labute approximate surface area is 134 Å². The molecule has 6 heteroatoms. The van der Waals surface area contributed by atoms with Crippen molar-refractivity contribution in [3.05, 3.63) is 72.1 Å². The van der Waals surface area contributed by atoms with E-state index in [1.165, 1.54) is 42.5 Å². The Morgan fingerprint density at radius 3 is 2.48 bits per heavy atom. The van der Waals surface area contributed by atoms with Crippen LogP contribution in [0.15, 0.2) is 60.0 Å². The molecule has 0 aliphatic heterocycles. The van der Waals surface area contributed by atoms with Gasteiger partial charge in [0, 0.05) is 11.3 Å². The first kappa shape index (κ1) is 16.9. The van der Waals surface area contributed by atoms with Crippen molar-refractivity contribution in [2.45, 2.75) is 11.8 Å². The fraction of sp³-hybridized carbons (Fsp3) is 0.118. The quantitative estimate of drug-likeness (QED) is 0.854. The summed E-state index contributed by atoms with van der Waals surface area (Å²) in [5, 5.41) is 2.65. The summed E-state index contributed by atoms with van der Waals surface area (Å²) in [6, 6.07) is 9.61. The Bertz CT molecular complexity index is 843. The van der Waals surface area contributed by atoms with E-state index in [0.29, 0.717) is 5.69 Å². The van der Waals surface area contributed by atoms with Crippen LogP contribution in [0.3, 0.4) is 0 Å². The number of anilines is 1. The number of benzene rings is 2. The van der Waals surface area contributed by atoms with Crippen molar-refractivity contribution < 1.29 is 17.6 Å². The molecule has 0 unspecified atom stereocenters. The van der Waals surface area contributed by atoms with Gasteiger partial charge in [-0.25, -0.2) is 12.8 Å². The lowest BCUT2D eigenvalue weighted by atomic mass is 10.1. The van der Waals surface area contributed by atoms with Crippen LogP contribution in [0.2, 0.25) is 0 Å². The molecular formula is C17H16FNO3S. The highest BCUT2D eigenvalue weighted by molar-refractivity contribution is 7.91. The van der Waals surface area contributed by atoms with Gasteiger partial charge in [-0.15, -0.1) is 6.58 Å². The molecule has 0 heterocycles. The minimum atomic E-state index is -3.47. The Morgan fingerprint density at radius 2 is 1.87 bits per heavy atom. The SMILES string of the molecule is C=CCS(=O)(=O)c1ccc(C)c(NC(=O)c2ccc(F)cc2)c1. The normalized spacial score (nSPS) is 11.0. The zero-order valence-corrected chi connectivity index (χ0v) is 13.4. The molecule has 0 saturated heterocycles. The van der Waals surface area contributed by atoms with E-state index in [1.807, 2.05) is 0 Å². The second-order valence-electron chi connectivity index (χ2n) is 5.01. The average molecular weight is 333 g/mol. The summed E-state index contributed by atoms with van der Waals surface area (Å²) in [4.78, 5) is 12.3. The molecule has 1 amide bonds. The molecule has 2 aromatic carbocycles. The molecule has 23 heavy (non-hydrogen) atoms. The third-order valence-corrected chi connectivity index (χ3v) is 4.91. The van der Waals surface area contributed by atoms with E-state index in [4.69, 9.17) is 0 Å². The minimum absolute atomic E-state index is 0.109. The number of amides is 1. The average Bonchev–Trinajstić information content (AvgIpc) is 2.49. The van der Waals surface area contributed by atoms with E-state index in [0.717, 1.165) is 5.56 Å². The van der Waals surface area contributed by atoms with Crippen molar-refractivity contribution in [1.82, 2.24) is 0 Å². The lowest BCUT2D eigenvalue weighted by Crippen LogP contribution is -2.14. The van der Waals surface area contributed by atoms with E-state index in [9.17, 15) is 17.6 Å². The molecular weight excluding hydrogens is 317 g/mol. The van der Waals surface area contributed by atoms with Crippen molar-refractivity contribution in [1.29, 1.82) is 0 Å². The summed E-state index contributed by atoms with van der Waals surface area (Å²) in [6.07, 6.45) is 1.31. The summed E-state index contributed by atoms with van der Waals surface area (Å²) in [5.41, 5.74) is 1.40. The summed E-state index contributed by atoms with van der Waals surface area (Å²) in [5.74, 6) is -1.05. The van der Waals surface area contributed by atoms with Gasteiger partial charge in [-0.05, 0) is 48.9 Å². The Balaban J connectivity index is 2.31. The van der Waals surface area contributed by atoms with Gasteiger partial charge in [0.15, 0.2) is 9.84 Å². The predicted molar refractivity (Wildman–Crippen MR) is 87.8 cm³/mol. The first-order chi connectivity index (χ1) is 10.8. The number of carbonyl (C=O) groups is 1. The summed E-state index contributed by atoms with van der Waals surface area (Å²) in [7, 11) is -3.47. The smallest absolute Gasteiger partial charge is 0.255 e. The maximum Gasteiger partial charge on any atom is 0.255 e. The zero-order valence-electron chi connectivity index (χ0n) is 12.5. The van der Waals surface area contributed by atoms with Crippen LogP contribution in [-0.4, -0.2) is 20.1 Å². The number of hydrogen-bond acceptors (Lipinski definition) is 3. The van der Waals surface area contributed by atoms with Gasteiger partial charge in [0.1, 0.15) is 5.82 Å². The highest BCUT2D eigenvalue weighted by Crippen LogP contribution is 2.22. The van der Waals surface area contributed by atoms with E-state index in [2.05, 4.69) is 11.9 Å². The molecule has 1 N–H and O–H groups in total. The lowest BCUT2D eigenvalue weighted by molar-refractivity contribution is 0.102. The van der Waals surface area contributed by atoms with Crippen LogP contribution < -0.4 is 5.32 Å². The fourth-order valence-electron chi connectivity index (χ4n) is 1.98. The third-order valence-electron chi connectivity index (χ3n) is 3.26. The maximum atomic E-state index is 12.9. The highest BCUT2D eigenvalue weighted by Gasteiger charge is 2.15. The first-order valence-electron chi connectivity index (χ1n) is 6.85. The fourth-order valence-corrected chi connectivity index (χ4v) is 3.05. The van der Waals surface area contributed by atoms with Crippen LogP contribution >= 0.6 is 0 Å². The number of sulfone groups is 1. The van der Waals surface area contributed by atoms with Crippen LogP contribution in [0.25, 0.3) is 0 Å². The highest BCUT2D eigenvalue weighted by atomic mass is 32.2. The van der Waals surface area contributed by atoms with Gasteiger partial charge in [0.05, 0.1) is 10.6 Å². The number of halogens is 1.